The first-order chi connectivity index (χ1) is 16.5. The van der Waals surface area contributed by atoms with Gasteiger partial charge in [0.15, 0.2) is 0 Å². The number of hydrogen-bond donors (Lipinski definition) is 1. The molecule has 1 aliphatic carbocycles. The van der Waals surface area contributed by atoms with Crippen molar-refractivity contribution in [2.45, 2.75) is 51.0 Å². The Morgan fingerprint density at radius 3 is 2.53 bits per heavy atom. The third-order valence-electron chi connectivity index (χ3n) is 7.12. The number of aromatic nitrogens is 1. The number of carbonyl (C=O) groups excluding carboxylic acids is 3. The molecule has 2 fully saturated rings. The van der Waals surface area contributed by atoms with Crippen molar-refractivity contribution in [3.05, 3.63) is 65.3 Å². The third kappa shape index (κ3) is 4.34. The zero-order valence-electron chi connectivity index (χ0n) is 19.0. The van der Waals surface area contributed by atoms with Crippen LogP contribution in [0.3, 0.4) is 0 Å². The average Bonchev–Trinajstić information content (AvgIpc) is 3.40. The lowest BCUT2D eigenvalue weighted by Crippen LogP contribution is -2.48. The summed E-state index contributed by atoms with van der Waals surface area (Å²) in [5.74, 6) is -0.700. The number of rotatable bonds is 6. The highest BCUT2D eigenvalue weighted by Gasteiger charge is 2.45. The van der Waals surface area contributed by atoms with E-state index in [1.807, 2.05) is 24.4 Å². The molecule has 34 heavy (non-hydrogen) atoms. The van der Waals surface area contributed by atoms with Gasteiger partial charge in [0.2, 0.25) is 11.8 Å². The molecule has 0 bridgehead atoms. The number of aromatic amines is 1. The van der Waals surface area contributed by atoms with Crippen molar-refractivity contribution in [2.75, 3.05) is 11.4 Å². The van der Waals surface area contributed by atoms with Crippen molar-refractivity contribution in [3.63, 3.8) is 0 Å². The van der Waals surface area contributed by atoms with E-state index < -0.39 is 6.04 Å². The normalized spacial score (nSPS) is 19.2. The van der Waals surface area contributed by atoms with E-state index >= 15 is 0 Å². The number of nitrogens with zero attached hydrogens (tertiary/aromatic N) is 2. The molecule has 7 heteroatoms. The lowest BCUT2D eigenvalue weighted by molar-refractivity contribution is -0.142. The fraction of sp³-hybridized carbons (Fsp3) is 0.370. The molecule has 0 spiro atoms. The predicted molar refractivity (Wildman–Crippen MR) is 133 cm³/mol. The molecule has 3 amide bonds. The second kappa shape index (κ2) is 9.63. The van der Waals surface area contributed by atoms with Crippen LogP contribution >= 0.6 is 11.6 Å². The maximum atomic E-state index is 13.7. The van der Waals surface area contributed by atoms with Crippen LogP contribution < -0.4 is 4.90 Å². The van der Waals surface area contributed by atoms with Gasteiger partial charge in [-0.3, -0.25) is 14.4 Å². The number of hydrogen-bond acceptors (Lipinski definition) is 3. The van der Waals surface area contributed by atoms with E-state index in [0.717, 1.165) is 48.6 Å². The first-order valence-electron chi connectivity index (χ1n) is 12.0. The predicted octanol–water partition coefficient (Wildman–Crippen LogP) is 5.10. The van der Waals surface area contributed by atoms with E-state index in [2.05, 4.69) is 11.1 Å². The van der Waals surface area contributed by atoms with Gasteiger partial charge < -0.3 is 9.88 Å². The van der Waals surface area contributed by atoms with Gasteiger partial charge in [0.05, 0.1) is 12.1 Å². The van der Waals surface area contributed by atoms with Crippen LogP contribution in [0.2, 0.25) is 5.02 Å². The molecule has 2 aliphatic rings. The lowest BCUT2D eigenvalue weighted by Gasteiger charge is -2.32. The van der Waals surface area contributed by atoms with Gasteiger partial charge in [-0.2, -0.15) is 0 Å². The third-order valence-corrected chi connectivity index (χ3v) is 7.37. The Labute approximate surface area is 203 Å². The minimum Gasteiger partial charge on any atom is -0.361 e. The summed E-state index contributed by atoms with van der Waals surface area (Å²) in [6.45, 7) is 0.398. The molecule has 5 rings (SSSR count). The zero-order valence-corrected chi connectivity index (χ0v) is 19.8. The topological polar surface area (TPSA) is 73.5 Å². The summed E-state index contributed by atoms with van der Waals surface area (Å²) in [6, 6.07) is 13.9. The molecule has 1 atom stereocenters. The molecule has 2 heterocycles. The summed E-state index contributed by atoms with van der Waals surface area (Å²) >= 11 is 5.99. The molecule has 0 radical (unpaired) electrons. The summed E-state index contributed by atoms with van der Waals surface area (Å²) in [5.41, 5.74) is 2.63. The Hall–Kier alpha value is -3.12. The van der Waals surface area contributed by atoms with Crippen LogP contribution in [0.5, 0.6) is 0 Å². The molecular weight excluding hydrogens is 450 g/mol. The second-order valence-electron chi connectivity index (χ2n) is 9.24. The fourth-order valence-corrected chi connectivity index (χ4v) is 5.43. The van der Waals surface area contributed by atoms with E-state index in [4.69, 9.17) is 11.6 Å². The first-order valence-corrected chi connectivity index (χ1v) is 12.4. The van der Waals surface area contributed by atoms with E-state index in [-0.39, 0.29) is 30.1 Å². The number of nitrogens with one attached hydrogen (secondary N) is 1. The Morgan fingerprint density at radius 1 is 1.03 bits per heavy atom. The molecule has 1 unspecified atom stereocenters. The smallest absolute Gasteiger partial charge is 0.257 e. The van der Waals surface area contributed by atoms with Gasteiger partial charge >= 0.3 is 0 Å². The van der Waals surface area contributed by atoms with Crippen LogP contribution in [-0.4, -0.2) is 40.2 Å². The number of imide groups is 1. The van der Waals surface area contributed by atoms with Gasteiger partial charge in [-0.05, 0) is 55.2 Å². The fourth-order valence-electron chi connectivity index (χ4n) is 5.30. The maximum Gasteiger partial charge on any atom is 0.257 e. The van der Waals surface area contributed by atoms with Gasteiger partial charge in [-0.15, -0.1) is 0 Å². The number of benzene rings is 2. The number of amides is 3. The second-order valence-corrected chi connectivity index (χ2v) is 9.68. The van der Waals surface area contributed by atoms with E-state index in [0.29, 0.717) is 23.7 Å². The number of para-hydroxylation sites is 1. The molecule has 6 nitrogen and oxygen atoms in total. The number of anilines is 1. The monoisotopic (exact) mass is 477 g/mol. The van der Waals surface area contributed by atoms with Crippen LogP contribution in [0.4, 0.5) is 5.69 Å². The number of fused-ring (bicyclic) bond motifs is 1. The van der Waals surface area contributed by atoms with E-state index in [1.165, 1.54) is 4.90 Å². The summed E-state index contributed by atoms with van der Waals surface area (Å²) in [6.07, 6.45) is 7.48. The summed E-state index contributed by atoms with van der Waals surface area (Å²) < 4.78 is 0. The highest BCUT2D eigenvalue weighted by Crippen LogP contribution is 2.31. The van der Waals surface area contributed by atoms with Gasteiger partial charge in [0.1, 0.15) is 6.04 Å². The first kappa shape index (κ1) is 22.7. The molecule has 1 aliphatic heterocycles. The van der Waals surface area contributed by atoms with Crippen molar-refractivity contribution in [1.82, 2.24) is 9.88 Å². The standard InChI is InChI=1S/C27H28ClN3O3/c28-20-10-12-21(13-11-20)31-25(32)16-24(27(31)34)30(26(33)18-6-2-1-3-7-18)15-14-19-17-29-23-9-5-4-8-22(19)23/h4-5,8-13,17-18,24,29H,1-3,6-7,14-16H2. The summed E-state index contributed by atoms with van der Waals surface area (Å²) in [4.78, 5) is 46.2. The number of carbonyl (C=O) groups is 3. The lowest BCUT2D eigenvalue weighted by atomic mass is 9.87. The largest absolute Gasteiger partial charge is 0.361 e. The van der Waals surface area contributed by atoms with Crippen molar-refractivity contribution in [3.8, 4) is 0 Å². The summed E-state index contributed by atoms with van der Waals surface area (Å²) in [7, 11) is 0. The zero-order chi connectivity index (χ0) is 23.7. The van der Waals surface area contributed by atoms with Gasteiger partial charge in [0, 0.05) is 34.6 Å². The highest BCUT2D eigenvalue weighted by atomic mass is 35.5. The minimum atomic E-state index is -0.775. The van der Waals surface area contributed by atoms with Gasteiger partial charge in [-0.1, -0.05) is 49.1 Å². The Balaban J connectivity index is 1.41. The molecule has 3 aromatic rings. The van der Waals surface area contributed by atoms with E-state index in [1.54, 1.807) is 29.2 Å². The summed E-state index contributed by atoms with van der Waals surface area (Å²) in [5, 5.41) is 1.65. The molecule has 1 saturated carbocycles. The van der Waals surface area contributed by atoms with Crippen molar-refractivity contribution < 1.29 is 14.4 Å². The SMILES string of the molecule is O=C1CC(N(CCc2c[nH]c3ccccc23)C(=O)C2CCCCC2)C(=O)N1c1ccc(Cl)cc1. The van der Waals surface area contributed by atoms with Crippen LogP contribution in [0.15, 0.2) is 54.7 Å². The molecule has 1 aromatic heterocycles. The van der Waals surface area contributed by atoms with Crippen LogP contribution in [0.1, 0.15) is 44.1 Å². The minimum absolute atomic E-state index is 0.00338. The molecule has 2 aromatic carbocycles. The van der Waals surface area contributed by atoms with Crippen LogP contribution in [0, 0.1) is 5.92 Å². The molecule has 1 saturated heterocycles. The molecular formula is C27H28ClN3O3. The highest BCUT2D eigenvalue weighted by molar-refractivity contribution is 6.30. The maximum absolute atomic E-state index is 13.7. The quantitative estimate of drug-likeness (QED) is 0.501. The number of H-pyrrole nitrogens is 1. The Morgan fingerprint density at radius 2 is 1.76 bits per heavy atom. The van der Waals surface area contributed by atoms with Crippen LogP contribution in [0.25, 0.3) is 10.9 Å². The number of halogens is 1. The average molecular weight is 478 g/mol. The van der Waals surface area contributed by atoms with E-state index in [9.17, 15) is 14.4 Å². The Kier molecular flexibility index (Phi) is 6.42. The molecule has 1 N–H and O–H groups in total. The van der Waals surface area contributed by atoms with Crippen molar-refractivity contribution >= 4 is 45.9 Å². The van der Waals surface area contributed by atoms with Gasteiger partial charge in [0.25, 0.3) is 5.91 Å². The Bertz CT molecular complexity index is 1210. The van der Waals surface area contributed by atoms with Crippen molar-refractivity contribution in [1.29, 1.82) is 0 Å². The molecule has 176 valence electrons. The van der Waals surface area contributed by atoms with Crippen molar-refractivity contribution in [2.24, 2.45) is 5.92 Å². The van der Waals surface area contributed by atoms with Crippen LogP contribution in [-0.2, 0) is 20.8 Å². The van der Waals surface area contributed by atoms with Gasteiger partial charge in [-0.25, -0.2) is 4.90 Å².